The zero-order valence-corrected chi connectivity index (χ0v) is 22.1. The van der Waals surface area contributed by atoms with Gasteiger partial charge in [0.25, 0.3) is 0 Å². The SMILES string of the molecule is Cc1ccc(NC(=O)C[S@](=O)CC(=O)N(c2cccc3ccccc23)[C@@H](C)C(=O)NC2CCCC2)cc1. The van der Waals surface area contributed by atoms with E-state index >= 15 is 0 Å². The molecule has 3 aromatic carbocycles. The molecule has 8 heteroatoms. The Morgan fingerprint density at radius 3 is 2.35 bits per heavy atom. The van der Waals surface area contributed by atoms with Crippen LogP contribution in [-0.2, 0) is 25.2 Å². The van der Waals surface area contributed by atoms with E-state index in [-0.39, 0.29) is 23.5 Å². The van der Waals surface area contributed by atoms with E-state index in [0.717, 1.165) is 42.0 Å². The first-order chi connectivity index (χ1) is 17.8. The molecule has 0 spiro atoms. The number of nitrogens with one attached hydrogen (secondary N) is 2. The molecular formula is C29H33N3O4S. The van der Waals surface area contributed by atoms with Crippen LogP contribution in [0.25, 0.3) is 10.8 Å². The van der Waals surface area contributed by atoms with E-state index in [0.29, 0.717) is 11.4 Å². The smallest absolute Gasteiger partial charge is 0.243 e. The Morgan fingerprint density at radius 1 is 0.946 bits per heavy atom. The van der Waals surface area contributed by atoms with Crippen LogP contribution in [0.15, 0.2) is 66.7 Å². The highest BCUT2D eigenvalue weighted by atomic mass is 32.2. The maximum atomic E-state index is 13.6. The zero-order valence-electron chi connectivity index (χ0n) is 21.2. The number of aryl methyl sites for hydroxylation is 1. The minimum atomic E-state index is -1.75. The summed E-state index contributed by atoms with van der Waals surface area (Å²) in [5.41, 5.74) is 2.25. The van der Waals surface area contributed by atoms with Gasteiger partial charge in [0.15, 0.2) is 0 Å². The molecule has 37 heavy (non-hydrogen) atoms. The first kappa shape index (κ1) is 26.5. The summed E-state index contributed by atoms with van der Waals surface area (Å²) >= 11 is 0. The lowest BCUT2D eigenvalue weighted by Crippen LogP contribution is -2.51. The number of benzene rings is 3. The van der Waals surface area contributed by atoms with E-state index in [1.54, 1.807) is 25.1 Å². The van der Waals surface area contributed by atoms with Crippen molar-refractivity contribution in [1.82, 2.24) is 5.32 Å². The van der Waals surface area contributed by atoms with E-state index in [1.807, 2.05) is 55.5 Å². The molecule has 0 radical (unpaired) electrons. The highest BCUT2D eigenvalue weighted by Gasteiger charge is 2.31. The maximum Gasteiger partial charge on any atom is 0.243 e. The van der Waals surface area contributed by atoms with Gasteiger partial charge in [-0.1, -0.05) is 66.9 Å². The van der Waals surface area contributed by atoms with Crippen molar-refractivity contribution in [2.75, 3.05) is 21.7 Å². The molecule has 1 aliphatic rings. The lowest BCUT2D eigenvalue weighted by Gasteiger charge is -2.30. The number of nitrogens with zero attached hydrogens (tertiary/aromatic N) is 1. The third kappa shape index (κ3) is 6.83. The van der Waals surface area contributed by atoms with Crippen molar-refractivity contribution in [3.8, 4) is 0 Å². The molecule has 2 N–H and O–H groups in total. The van der Waals surface area contributed by atoms with Gasteiger partial charge in [-0.15, -0.1) is 0 Å². The van der Waals surface area contributed by atoms with Crippen LogP contribution < -0.4 is 15.5 Å². The highest BCUT2D eigenvalue weighted by Crippen LogP contribution is 2.29. The van der Waals surface area contributed by atoms with Gasteiger partial charge < -0.3 is 10.6 Å². The van der Waals surface area contributed by atoms with E-state index in [2.05, 4.69) is 10.6 Å². The Hall–Kier alpha value is -3.52. The van der Waals surface area contributed by atoms with Crippen LogP contribution in [-0.4, -0.2) is 45.5 Å². The van der Waals surface area contributed by atoms with Gasteiger partial charge in [-0.2, -0.15) is 0 Å². The number of hydrogen-bond donors (Lipinski definition) is 2. The molecule has 0 saturated heterocycles. The first-order valence-corrected chi connectivity index (χ1v) is 14.1. The number of anilines is 2. The molecule has 1 saturated carbocycles. The van der Waals surface area contributed by atoms with E-state index < -0.39 is 28.7 Å². The van der Waals surface area contributed by atoms with Crippen molar-refractivity contribution in [1.29, 1.82) is 0 Å². The Morgan fingerprint density at radius 2 is 1.62 bits per heavy atom. The quantitative estimate of drug-likeness (QED) is 0.440. The fourth-order valence-electron chi connectivity index (χ4n) is 4.73. The average Bonchev–Trinajstić information content (AvgIpc) is 3.38. The normalized spacial score (nSPS) is 15.2. The molecule has 2 atom stereocenters. The lowest BCUT2D eigenvalue weighted by molar-refractivity contribution is -0.125. The predicted octanol–water partition coefficient (Wildman–Crippen LogP) is 4.32. The fourth-order valence-corrected chi connectivity index (χ4v) is 5.61. The summed E-state index contributed by atoms with van der Waals surface area (Å²) in [6.45, 7) is 3.64. The highest BCUT2D eigenvalue weighted by molar-refractivity contribution is 7.86. The van der Waals surface area contributed by atoms with Crippen LogP contribution in [0, 0.1) is 6.92 Å². The maximum absolute atomic E-state index is 13.6. The summed E-state index contributed by atoms with van der Waals surface area (Å²) in [4.78, 5) is 40.7. The largest absolute Gasteiger partial charge is 0.352 e. The predicted molar refractivity (Wildman–Crippen MR) is 149 cm³/mol. The number of rotatable bonds is 9. The summed E-state index contributed by atoms with van der Waals surface area (Å²) < 4.78 is 12.9. The number of fused-ring (bicyclic) bond motifs is 1. The zero-order chi connectivity index (χ0) is 26.4. The molecule has 3 amide bonds. The molecule has 0 unspecified atom stereocenters. The molecule has 0 heterocycles. The monoisotopic (exact) mass is 519 g/mol. The van der Waals surface area contributed by atoms with Gasteiger partial charge in [0.05, 0.1) is 5.69 Å². The minimum absolute atomic E-state index is 0.110. The summed E-state index contributed by atoms with van der Waals surface area (Å²) in [7, 11) is -1.75. The second-order valence-electron chi connectivity index (χ2n) is 9.57. The summed E-state index contributed by atoms with van der Waals surface area (Å²) in [5, 5.41) is 7.55. The molecule has 0 bridgehead atoms. The number of hydrogen-bond acceptors (Lipinski definition) is 4. The van der Waals surface area contributed by atoms with Crippen LogP contribution in [0.2, 0.25) is 0 Å². The van der Waals surface area contributed by atoms with Gasteiger partial charge in [-0.25, -0.2) is 0 Å². The average molecular weight is 520 g/mol. The molecule has 1 fully saturated rings. The Bertz CT molecular complexity index is 1300. The summed E-state index contributed by atoms with van der Waals surface area (Å²) in [6, 6.07) is 19.8. The van der Waals surface area contributed by atoms with Crippen molar-refractivity contribution in [2.24, 2.45) is 0 Å². The molecule has 1 aliphatic carbocycles. The van der Waals surface area contributed by atoms with Crippen molar-refractivity contribution in [3.05, 3.63) is 72.3 Å². The number of carbonyl (C=O) groups is 3. The Kier molecular flexibility index (Phi) is 8.71. The van der Waals surface area contributed by atoms with Crippen molar-refractivity contribution in [2.45, 2.75) is 51.6 Å². The van der Waals surface area contributed by atoms with Gasteiger partial charge >= 0.3 is 0 Å². The molecule has 0 aromatic heterocycles. The number of amides is 3. The van der Waals surface area contributed by atoms with Crippen molar-refractivity contribution >= 4 is 50.7 Å². The van der Waals surface area contributed by atoms with E-state index in [9.17, 15) is 18.6 Å². The standard InChI is InChI=1S/C29H33N3O4S/c1-20-14-16-24(17-15-20)30-27(33)18-37(36)19-28(34)32(21(2)29(35)31-23-10-4-5-11-23)26-13-7-9-22-8-3-6-12-25(22)26/h3,6-9,12-17,21,23H,4-5,10-11,18-19H2,1-2H3,(H,30,33)(H,31,35)/t21-,37-/m0/s1. The molecule has 4 rings (SSSR count). The third-order valence-electron chi connectivity index (χ3n) is 6.68. The van der Waals surface area contributed by atoms with Gasteiger partial charge in [-0.3, -0.25) is 23.5 Å². The van der Waals surface area contributed by atoms with Gasteiger partial charge in [0.1, 0.15) is 17.5 Å². The fraction of sp³-hybridized carbons (Fsp3) is 0.345. The first-order valence-electron chi connectivity index (χ1n) is 12.6. The topological polar surface area (TPSA) is 95.6 Å². The van der Waals surface area contributed by atoms with Crippen molar-refractivity contribution in [3.63, 3.8) is 0 Å². The van der Waals surface area contributed by atoms with Gasteiger partial charge in [0, 0.05) is 27.9 Å². The molecule has 0 aliphatic heterocycles. The second kappa shape index (κ2) is 12.1. The third-order valence-corrected chi connectivity index (χ3v) is 7.83. The van der Waals surface area contributed by atoms with E-state index in [1.165, 1.54) is 4.90 Å². The van der Waals surface area contributed by atoms with Crippen LogP contribution in [0.1, 0.15) is 38.2 Å². The van der Waals surface area contributed by atoms with Crippen LogP contribution in [0.3, 0.4) is 0 Å². The molecule has 194 valence electrons. The Labute approximate surface area is 220 Å². The van der Waals surface area contributed by atoms with Crippen LogP contribution in [0.4, 0.5) is 11.4 Å². The Balaban J connectivity index is 1.52. The summed E-state index contributed by atoms with van der Waals surface area (Å²) in [6.07, 6.45) is 4.02. The van der Waals surface area contributed by atoms with Crippen LogP contribution >= 0.6 is 0 Å². The summed E-state index contributed by atoms with van der Waals surface area (Å²) in [5.74, 6) is -1.82. The molecular weight excluding hydrogens is 486 g/mol. The van der Waals surface area contributed by atoms with Gasteiger partial charge in [-0.05, 0) is 50.3 Å². The second-order valence-corrected chi connectivity index (χ2v) is 11.0. The van der Waals surface area contributed by atoms with E-state index in [4.69, 9.17) is 0 Å². The van der Waals surface area contributed by atoms with Crippen molar-refractivity contribution < 1.29 is 18.6 Å². The minimum Gasteiger partial charge on any atom is -0.352 e. The number of carbonyl (C=O) groups excluding carboxylic acids is 3. The lowest BCUT2D eigenvalue weighted by atomic mass is 10.1. The molecule has 3 aromatic rings. The molecule has 7 nitrogen and oxygen atoms in total. The van der Waals surface area contributed by atoms with Gasteiger partial charge in [0.2, 0.25) is 17.7 Å². The van der Waals surface area contributed by atoms with Crippen LogP contribution in [0.5, 0.6) is 0 Å².